The number of fused-ring (bicyclic) bond motifs is 4. The lowest BCUT2D eigenvalue weighted by Gasteiger charge is -2.37. The molecule has 1 N–H and O–H groups in total. The molecule has 3 heteroatoms. The Labute approximate surface area is 139 Å². The highest BCUT2D eigenvalue weighted by atomic mass is 16.6. The third-order valence-corrected chi connectivity index (χ3v) is 7.36. The molecule has 0 radical (unpaired) electrons. The summed E-state index contributed by atoms with van der Waals surface area (Å²) in [6, 6.07) is 0. The molecule has 23 heavy (non-hydrogen) atoms. The molecule has 0 aliphatic heterocycles. The lowest BCUT2D eigenvalue weighted by atomic mass is 9.77. The van der Waals surface area contributed by atoms with Crippen molar-refractivity contribution in [1.82, 2.24) is 0 Å². The van der Waals surface area contributed by atoms with Crippen LogP contribution in [0.15, 0.2) is 12.2 Å². The summed E-state index contributed by atoms with van der Waals surface area (Å²) in [5.74, 6) is 2.38. The van der Waals surface area contributed by atoms with E-state index in [1.54, 1.807) is 0 Å². The van der Waals surface area contributed by atoms with Gasteiger partial charge in [0.05, 0.1) is 12.0 Å². The van der Waals surface area contributed by atoms with Crippen molar-refractivity contribution in [2.75, 3.05) is 0 Å². The van der Waals surface area contributed by atoms with Gasteiger partial charge in [0.1, 0.15) is 5.60 Å². The number of carbonyl (C=O) groups excluding carboxylic acids is 1. The second-order valence-electron chi connectivity index (χ2n) is 8.91. The molecule has 0 amide bonds. The summed E-state index contributed by atoms with van der Waals surface area (Å²) >= 11 is 0. The molecule has 4 bridgehead atoms. The second kappa shape index (κ2) is 5.34. The van der Waals surface area contributed by atoms with Crippen molar-refractivity contribution in [2.45, 2.75) is 76.4 Å². The van der Waals surface area contributed by atoms with Crippen LogP contribution in [-0.2, 0) is 9.53 Å². The van der Waals surface area contributed by atoms with Gasteiger partial charge in [0, 0.05) is 0 Å². The number of esters is 1. The molecular formula is C20H30O3. The topological polar surface area (TPSA) is 46.5 Å². The van der Waals surface area contributed by atoms with E-state index in [1.807, 2.05) is 6.92 Å². The lowest BCUT2D eigenvalue weighted by Crippen LogP contribution is -2.43. The quantitative estimate of drug-likeness (QED) is 0.618. The average Bonchev–Trinajstić information content (AvgIpc) is 3.24. The maximum atomic E-state index is 12.6. The van der Waals surface area contributed by atoms with Crippen LogP contribution in [0.4, 0.5) is 0 Å². The minimum absolute atomic E-state index is 0.150. The molecule has 3 fully saturated rings. The Bertz CT molecular complexity index is 523. The zero-order valence-corrected chi connectivity index (χ0v) is 14.5. The molecule has 0 aromatic heterocycles. The molecule has 0 saturated heterocycles. The van der Waals surface area contributed by atoms with Crippen molar-refractivity contribution < 1.29 is 14.6 Å². The van der Waals surface area contributed by atoms with Crippen molar-refractivity contribution in [1.29, 1.82) is 0 Å². The molecule has 4 rings (SSSR count). The van der Waals surface area contributed by atoms with Crippen molar-refractivity contribution in [3.63, 3.8) is 0 Å². The van der Waals surface area contributed by atoms with Crippen LogP contribution in [0.2, 0.25) is 0 Å². The first kappa shape index (κ1) is 15.7. The van der Waals surface area contributed by atoms with Gasteiger partial charge in [-0.1, -0.05) is 19.1 Å². The SMILES string of the molecule is CCC1CC2CCC1(OC(=O)CC(C)(O)C1CC3C=CC1C3)C2. The summed E-state index contributed by atoms with van der Waals surface area (Å²) < 4.78 is 6.05. The highest BCUT2D eigenvalue weighted by molar-refractivity contribution is 5.71. The van der Waals surface area contributed by atoms with Gasteiger partial charge in [-0.3, -0.25) is 4.79 Å². The van der Waals surface area contributed by atoms with Gasteiger partial charge in [-0.2, -0.15) is 0 Å². The van der Waals surface area contributed by atoms with E-state index < -0.39 is 5.60 Å². The monoisotopic (exact) mass is 318 g/mol. The maximum absolute atomic E-state index is 12.6. The molecule has 3 nitrogen and oxygen atoms in total. The molecule has 4 aliphatic carbocycles. The summed E-state index contributed by atoms with van der Waals surface area (Å²) in [5.41, 5.74) is -1.14. The Kier molecular flexibility index (Phi) is 3.64. The van der Waals surface area contributed by atoms with Gasteiger partial charge in [0.25, 0.3) is 0 Å². The standard InChI is InChI=1S/C20H30O3/c1-3-16-9-14-6-7-20(16,11-14)23-18(21)12-19(2,22)17-10-13-4-5-15(17)8-13/h4-5,13-17,22H,3,6-12H2,1-2H3. The van der Waals surface area contributed by atoms with E-state index in [0.29, 0.717) is 17.8 Å². The summed E-state index contributed by atoms with van der Waals surface area (Å²) in [6.07, 6.45) is 12.4. The van der Waals surface area contributed by atoms with Crippen LogP contribution >= 0.6 is 0 Å². The van der Waals surface area contributed by atoms with Crippen LogP contribution in [0.1, 0.15) is 65.2 Å². The summed E-state index contributed by atoms with van der Waals surface area (Å²) in [7, 11) is 0. The van der Waals surface area contributed by atoms with Gasteiger partial charge in [0.2, 0.25) is 0 Å². The predicted octanol–water partition coefficient (Wildman–Crippen LogP) is 3.85. The van der Waals surface area contributed by atoms with Gasteiger partial charge in [0.15, 0.2) is 0 Å². The van der Waals surface area contributed by atoms with E-state index in [4.69, 9.17) is 4.74 Å². The molecule has 0 heterocycles. The summed E-state index contributed by atoms with van der Waals surface area (Å²) in [4.78, 5) is 12.6. The largest absolute Gasteiger partial charge is 0.459 e. The third kappa shape index (κ3) is 2.56. The molecule has 7 unspecified atom stereocenters. The molecule has 7 atom stereocenters. The van der Waals surface area contributed by atoms with Crippen molar-refractivity contribution in [3.05, 3.63) is 12.2 Å². The molecular weight excluding hydrogens is 288 g/mol. The number of hydrogen-bond donors (Lipinski definition) is 1. The van der Waals surface area contributed by atoms with Crippen LogP contribution in [0.3, 0.4) is 0 Å². The van der Waals surface area contributed by atoms with E-state index >= 15 is 0 Å². The van der Waals surface area contributed by atoms with Crippen LogP contribution in [0.25, 0.3) is 0 Å². The first-order valence-electron chi connectivity index (χ1n) is 9.54. The van der Waals surface area contributed by atoms with Gasteiger partial charge >= 0.3 is 5.97 Å². The highest BCUT2D eigenvalue weighted by Gasteiger charge is 2.54. The van der Waals surface area contributed by atoms with Crippen LogP contribution in [0.5, 0.6) is 0 Å². The fourth-order valence-corrected chi connectivity index (χ4v) is 6.23. The summed E-state index contributed by atoms with van der Waals surface area (Å²) in [6.45, 7) is 4.05. The van der Waals surface area contributed by atoms with Crippen LogP contribution < -0.4 is 0 Å². The summed E-state index contributed by atoms with van der Waals surface area (Å²) in [5, 5.41) is 10.9. The second-order valence-corrected chi connectivity index (χ2v) is 8.91. The number of allylic oxidation sites excluding steroid dienone is 2. The Morgan fingerprint density at radius 2 is 2.17 bits per heavy atom. The number of ether oxygens (including phenoxy) is 1. The van der Waals surface area contributed by atoms with E-state index in [-0.39, 0.29) is 23.9 Å². The van der Waals surface area contributed by atoms with Crippen LogP contribution in [-0.4, -0.2) is 22.3 Å². The van der Waals surface area contributed by atoms with E-state index in [9.17, 15) is 9.90 Å². The van der Waals surface area contributed by atoms with Crippen LogP contribution in [0, 0.1) is 29.6 Å². The Hall–Kier alpha value is -0.830. The third-order valence-electron chi connectivity index (χ3n) is 7.36. The van der Waals surface area contributed by atoms with Gasteiger partial charge in [-0.25, -0.2) is 0 Å². The minimum Gasteiger partial charge on any atom is -0.459 e. The van der Waals surface area contributed by atoms with Crippen molar-refractivity contribution >= 4 is 5.97 Å². The number of rotatable bonds is 5. The molecule has 0 spiro atoms. The molecule has 4 aliphatic rings. The number of hydrogen-bond acceptors (Lipinski definition) is 3. The molecule has 0 aromatic rings. The van der Waals surface area contributed by atoms with Crippen molar-refractivity contribution in [2.24, 2.45) is 29.6 Å². The van der Waals surface area contributed by atoms with Gasteiger partial charge in [-0.05, 0) is 81.5 Å². The number of carbonyl (C=O) groups is 1. The highest BCUT2D eigenvalue weighted by Crippen LogP contribution is 2.55. The lowest BCUT2D eigenvalue weighted by molar-refractivity contribution is -0.171. The zero-order valence-electron chi connectivity index (χ0n) is 14.5. The first-order chi connectivity index (χ1) is 10.9. The minimum atomic E-state index is -0.934. The van der Waals surface area contributed by atoms with Gasteiger partial charge < -0.3 is 9.84 Å². The smallest absolute Gasteiger partial charge is 0.309 e. The van der Waals surface area contributed by atoms with Crippen molar-refractivity contribution in [3.8, 4) is 0 Å². The normalized spacial score (nSPS) is 46.3. The fourth-order valence-electron chi connectivity index (χ4n) is 6.23. The maximum Gasteiger partial charge on any atom is 0.309 e. The fraction of sp³-hybridized carbons (Fsp3) is 0.850. The Morgan fingerprint density at radius 3 is 2.78 bits per heavy atom. The average molecular weight is 318 g/mol. The Morgan fingerprint density at radius 1 is 1.35 bits per heavy atom. The zero-order chi connectivity index (χ0) is 16.2. The Balaban J connectivity index is 1.41. The van der Waals surface area contributed by atoms with E-state index in [2.05, 4.69) is 19.1 Å². The molecule has 128 valence electrons. The number of aliphatic hydroxyl groups is 1. The predicted molar refractivity (Wildman–Crippen MR) is 88.6 cm³/mol. The first-order valence-corrected chi connectivity index (χ1v) is 9.54. The van der Waals surface area contributed by atoms with Gasteiger partial charge in [-0.15, -0.1) is 0 Å². The van der Waals surface area contributed by atoms with E-state index in [0.717, 1.165) is 38.0 Å². The van der Waals surface area contributed by atoms with E-state index in [1.165, 1.54) is 12.8 Å². The molecule has 3 saturated carbocycles. The molecule has 0 aromatic carbocycles.